The molecule has 1 aromatic carbocycles. The molecule has 2 fully saturated rings. The first-order valence-corrected chi connectivity index (χ1v) is 15.1. The Morgan fingerprint density at radius 1 is 1.12 bits per heavy atom. The molecule has 0 radical (unpaired) electrons. The van der Waals surface area contributed by atoms with Gasteiger partial charge in [-0.3, -0.25) is 14.5 Å². The number of aromatic amines is 1. The fourth-order valence-electron chi connectivity index (χ4n) is 6.00. The number of fused-ring (bicyclic) bond motifs is 1. The normalized spacial score (nSPS) is 20.5. The minimum absolute atomic E-state index is 0.0376. The van der Waals surface area contributed by atoms with Crippen LogP contribution in [0.3, 0.4) is 0 Å². The summed E-state index contributed by atoms with van der Waals surface area (Å²) in [5.41, 5.74) is 0.507. The van der Waals surface area contributed by atoms with Gasteiger partial charge in [0.25, 0.3) is 5.91 Å². The number of hydrogen-bond acceptors (Lipinski definition) is 5. The van der Waals surface area contributed by atoms with Gasteiger partial charge in [-0.05, 0) is 83.7 Å². The summed E-state index contributed by atoms with van der Waals surface area (Å²) in [6, 6.07) is 6.04. The first-order valence-electron chi connectivity index (χ1n) is 15.1. The fraction of sp³-hybridized carbons (Fsp3) is 0.548. The van der Waals surface area contributed by atoms with Crippen LogP contribution in [0, 0.1) is 5.92 Å². The third kappa shape index (κ3) is 7.65. The minimum Gasteiger partial charge on any atom is -0.476 e. The van der Waals surface area contributed by atoms with E-state index < -0.39 is 17.6 Å². The van der Waals surface area contributed by atoms with E-state index in [-0.39, 0.29) is 35.1 Å². The predicted octanol–water partition coefficient (Wildman–Crippen LogP) is 5.24. The molecule has 1 saturated heterocycles. The van der Waals surface area contributed by atoms with Gasteiger partial charge in [0.15, 0.2) is 0 Å². The lowest BCUT2D eigenvalue weighted by molar-refractivity contribution is -0.137. The second kappa shape index (κ2) is 13.3. The average Bonchev–Trinajstić information content (AvgIpc) is 3.34. The number of carbonyl (C=O) groups excluding carboxylic acids is 2. The van der Waals surface area contributed by atoms with Crippen molar-refractivity contribution < 1.29 is 27.5 Å². The van der Waals surface area contributed by atoms with Crippen molar-refractivity contribution in [2.24, 2.45) is 10.9 Å². The van der Waals surface area contributed by atoms with Gasteiger partial charge in [0.1, 0.15) is 6.61 Å². The number of nitrogens with zero attached hydrogens (tertiary/aromatic N) is 4. The molecular formula is C31H39F3N6O3. The number of ether oxygens (including phenoxy) is 1. The average molecular weight is 601 g/mol. The van der Waals surface area contributed by atoms with Crippen molar-refractivity contribution in [2.75, 3.05) is 26.2 Å². The van der Waals surface area contributed by atoms with E-state index in [0.29, 0.717) is 43.7 Å². The van der Waals surface area contributed by atoms with Crippen LogP contribution >= 0.6 is 0 Å². The van der Waals surface area contributed by atoms with E-state index in [1.807, 2.05) is 24.5 Å². The minimum atomic E-state index is -4.58. The van der Waals surface area contributed by atoms with Gasteiger partial charge >= 0.3 is 6.18 Å². The molecule has 2 N–H and O–H groups in total. The number of amides is 2. The molecule has 12 heteroatoms. The highest BCUT2D eigenvalue weighted by Gasteiger charge is 2.31. The molecule has 43 heavy (non-hydrogen) atoms. The van der Waals surface area contributed by atoms with Crippen LogP contribution in [0.1, 0.15) is 80.8 Å². The number of halogens is 3. The van der Waals surface area contributed by atoms with Crippen LogP contribution in [0.2, 0.25) is 0 Å². The number of alkyl halides is 3. The number of likely N-dealkylation sites (tertiary alicyclic amines) is 1. The Labute approximate surface area is 248 Å². The fourth-order valence-corrected chi connectivity index (χ4v) is 6.00. The maximum Gasteiger partial charge on any atom is 0.416 e. The van der Waals surface area contributed by atoms with Crippen LogP contribution in [0.4, 0.5) is 13.2 Å². The van der Waals surface area contributed by atoms with Crippen molar-refractivity contribution in [3.8, 4) is 5.88 Å². The summed E-state index contributed by atoms with van der Waals surface area (Å²) >= 11 is 0. The Hall–Kier alpha value is -3.67. The molecule has 2 amide bonds. The van der Waals surface area contributed by atoms with Gasteiger partial charge in [-0.2, -0.15) is 18.2 Å². The highest BCUT2D eigenvalue weighted by atomic mass is 19.4. The van der Waals surface area contributed by atoms with Crippen LogP contribution in [-0.4, -0.2) is 63.5 Å². The molecule has 0 spiro atoms. The molecule has 1 saturated carbocycles. The third-order valence-corrected chi connectivity index (χ3v) is 8.21. The molecule has 232 valence electrons. The number of H-pyrrole nitrogens is 1. The van der Waals surface area contributed by atoms with Crippen molar-refractivity contribution in [2.45, 2.75) is 77.1 Å². The molecule has 2 aliphatic rings. The highest BCUT2D eigenvalue weighted by Crippen LogP contribution is 2.34. The number of hydrogen-bond donors (Lipinski definition) is 2. The van der Waals surface area contributed by atoms with Crippen LogP contribution in [0.15, 0.2) is 41.5 Å². The number of piperidine rings is 1. The van der Waals surface area contributed by atoms with Gasteiger partial charge in [0.2, 0.25) is 17.4 Å². The van der Waals surface area contributed by atoms with Crippen molar-refractivity contribution >= 4 is 22.8 Å². The third-order valence-electron chi connectivity index (χ3n) is 8.21. The molecule has 0 unspecified atom stereocenters. The van der Waals surface area contributed by atoms with Crippen LogP contribution < -0.4 is 15.7 Å². The molecule has 2 aromatic heterocycles. The summed E-state index contributed by atoms with van der Waals surface area (Å²) in [5, 5.41) is 2.99. The molecule has 1 aliphatic heterocycles. The van der Waals surface area contributed by atoms with E-state index in [4.69, 9.17) is 4.74 Å². The lowest BCUT2D eigenvalue weighted by Gasteiger charge is -2.29. The van der Waals surface area contributed by atoms with E-state index in [2.05, 4.69) is 25.2 Å². The van der Waals surface area contributed by atoms with E-state index in [1.54, 1.807) is 6.20 Å². The van der Waals surface area contributed by atoms with E-state index >= 15 is 0 Å². The molecular weight excluding hydrogens is 561 g/mol. The molecule has 3 aromatic rings. The molecule has 0 bridgehead atoms. The van der Waals surface area contributed by atoms with Crippen LogP contribution in [0.25, 0.3) is 11.0 Å². The van der Waals surface area contributed by atoms with Crippen LogP contribution in [0.5, 0.6) is 5.88 Å². The highest BCUT2D eigenvalue weighted by molar-refractivity contribution is 5.95. The number of imidazole rings is 1. The number of benzene rings is 1. The summed E-state index contributed by atoms with van der Waals surface area (Å²) in [6.45, 7) is 7.29. The van der Waals surface area contributed by atoms with Crippen molar-refractivity contribution in [1.82, 2.24) is 24.8 Å². The zero-order valence-corrected chi connectivity index (χ0v) is 24.6. The second-order valence-electron chi connectivity index (χ2n) is 11.8. The Bertz CT molecular complexity index is 1500. The zero-order valence-electron chi connectivity index (χ0n) is 24.6. The number of rotatable bonds is 8. The molecule has 9 nitrogen and oxygen atoms in total. The van der Waals surface area contributed by atoms with E-state index in [0.717, 1.165) is 37.3 Å². The van der Waals surface area contributed by atoms with Gasteiger partial charge in [-0.15, -0.1) is 0 Å². The van der Waals surface area contributed by atoms with E-state index in [9.17, 15) is 22.8 Å². The lowest BCUT2D eigenvalue weighted by Crippen LogP contribution is -2.38. The number of aromatic nitrogens is 3. The van der Waals surface area contributed by atoms with Crippen molar-refractivity contribution in [1.29, 1.82) is 0 Å². The van der Waals surface area contributed by atoms with Gasteiger partial charge in [-0.1, -0.05) is 12.5 Å². The molecule has 5 rings (SSSR count). The summed E-state index contributed by atoms with van der Waals surface area (Å²) in [6.07, 6.45) is 3.36. The Morgan fingerprint density at radius 3 is 2.56 bits per heavy atom. The van der Waals surface area contributed by atoms with Gasteiger partial charge in [0, 0.05) is 36.2 Å². The molecule has 0 atom stereocenters. The first kappa shape index (κ1) is 30.8. The Kier molecular flexibility index (Phi) is 9.53. The summed E-state index contributed by atoms with van der Waals surface area (Å²) in [4.78, 5) is 40.0. The van der Waals surface area contributed by atoms with Crippen molar-refractivity contribution in [3.05, 3.63) is 53.3 Å². The maximum absolute atomic E-state index is 13.3. The smallest absolute Gasteiger partial charge is 0.416 e. The van der Waals surface area contributed by atoms with Gasteiger partial charge in [0.05, 0.1) is 22.8 Å². The van der Waals surface area contributed by atoms with Crippen LogP contribution in [-0.2, 0) is 11.0 Å². The molecule has 3 heterocycles. The summed E-state index contributed by atoms with van der Waals surface area (Å²) < 4.78 is 47.8. The SMILES string of the molecule is CC(C)NC(=O)C1CCC(n2/c(=N/C(=O)c3cccc(C(F)(F)F)c3)[nH]c3cnc(OCCN4CCCCC4)cc32)CC1. The topological polar surface area (TPSA) is 105 Å². The second-order valence-corrected chi connectivity index (χ2v) is 11.8. The van der Waals surface area contributed by atoms with Gasteiger partial charge < -0.3 is 19.6 Å². The quantitative estimate of drug-likeness (QED) is 0.368. The lowest BCUT2D eigenvalue weighted by atomic mass is 9.85. The Balaban J connectivity index is 1.44. The standard InChI is InChI=1S/C31H39F3N6O3/c1-20(2)36-28(41)21-9-11-24(12-10-21)40-26-18-27(43-16-15-39-13-4-3-5-14-39)35-19-25(26)37-30(40)38-29(42)22-7-6-8-23(17-22)31(32,33)34/h6-8,17-21,24H,3-5,9-16H2,1-2H3,(H,36,41)(H,37,38,42). The first-order chi connectivity index (χ1) is 20.6. The zero-order chi connectivity index (χ0) is 30.6. The van der Waals surface area contributed by atoms with Gasteiger partial charge in [-0.25, -0.2) is 4.98 Å². The predicted molar refractivity (Wildman–Crippen MR) is 155 cm³/mol. The monoisotopic (exact) mass is 600 g/mol. The number of pyridine rings is 1. The largest absolute Gasteiger partial charge is 0.476 e. The summed E-state index contributed by atoms with van der Waals surface area (Å²) in [7, 11) is 0. The summed E-state index contributed by atoms with van der Waals surface area (Å²) in [5.74, 6) is -0.414. The Morgan fingerprint density at radius 2 is 1.86 bits per heavy atom. The maximum atomic E-state index is 13.3. The van der Waals surface area contributed by atoms with Crippen molar-refractivity contribution in [3.63, 3.8) is 0 Å². The molecule has 1 aliphatic carbocycles. The van der Waals surface area contributed by atoms with E-state index in [1.165, 1.54) is 31.4 Å². The number of carbonyl (C=O) groups is 2. The number of nitrogens with one attached hydrogen (secondary N) is 2.